The number of cyclic esters (lactones) is 1. The molecule has 26 heavy (non-hydrogen) atoms. The van der Waals surface area contributed by atoms with Gasteiger partial charge in [-0.1, -0.05) is 31.2 Å². The fourth-order valence-corrected chi connectivity index (χ4v) is 2.96. The van der Waals surface area contributed by atoms with Crippen LogP contribution in [-0.2, 0) is 29.4 Å². The third-order valence-electron chi connectivity index (χ3n) is 4.54. The average Bonchev–Trinajstić information content (AvgIpc) is 3.23. The molecule has 1 aromatic heterocycles. The minimum atomic E-state index is -0.413. The van der Waals surface area contributed by atoms with E-state index in [2.05, 4.69) is 41.6 Å². The van der Waals surface area contributed by atoms with E-state index in [1.807, 2.05) is 0 Å². The maximum atomic E-state index is 12.1. The summed E-state index contributed by atoms with van der Waals surface area (Å²) in [5.41, 5.74) is 2.44. The molecule has 2 aromatic rings. The van der Waals surface area contributed by atoms with Gasteiger partial charge in [-0.15, -0.1) is 0 Å². The molecule has 2 heterocycles. The molecule has 7 nitrogen and oxygen atoms in total. The van der Waals surface area contributed by atoms with Gasteiger partial charge >= 0.3 is 6.09 Å². The average molecular weight is 356 g/mol. The Kier molecular flexibility index (Phi) is 5.55. The number of rotatable bonds is 7. The van der Waals surface area contributed by atoms with Crippen molar-refractivity contribution in [1.82, 2.24) is 15.1 Å². The Bertz CT molecular complexity index is 769. The van der Waals surface area contributed by atoms with Gasteiger partial charge in [0.15, 0.2) is 0 Å². The topological polar surface area (TPSA) is 76.5 Å². The van der Waals surface area contributed by atoms with Crippen LogP contribution in [0.2, 0.25) is 0 Å². The zero-order chi connectivity index (χ0) is 18.5. The number of nitrogens with zero attached hydrogens (tertiary/aromatic N) is 3. The van der Waals surface area contributed by atoms with Gasteiger partial charge < -0.3 is 10.1 Å². The number of anilines is 1. The summed E-state index contributed by atoms with van der Waals surface area (Å²) >= 11 is 0. The largest absolute Gasteiger partial charge is 0.442 e. The molecule has 1 aromatic carbocycles. The second-order valence-electron chi connectivity index (χ2n) is 6.40. The van der Waals surface area contributed by atoms with E-state index in [1.165, 1.54) is 10.5 Å². The fraction of sp³-hybridized carbons (Fsp3) is 0.421. The molecular weight excluding hydrogens is 332 g/mol. The summed E-state index contributed by atoms with van der Waals surface area (Å²) in [6, 6.07) is 10.1. The molecule has 7 heteroatoms. The van der Waals surface area contributed by atoms with E-state index in [1.54, 1.807) is 24.0 Å². The lowest BCUT2D eigenvalue weighted by molar-refractivity contribution is -0.121. The lowest BCUT2D eigenvalue weighted by Gasteiger charge is -2.12. The number of aryl methyl sites for hydroxylation is 3. The van der Waals surface area contributed by atoms with Gasteiger partial charge in [0.2, 0.25) is 5.91 Å². The number of ether oxygens (including phenoxy) is 1. The fourth-order valence-electron chi connectivity index (χ4n) is 2.96. The van der Waals surface area contributed by atoms with Crippen LogP contribution in [-0.4, -0.2) is 41.0 Å². The first kappa shape index (κ1) is 18.0. The van der Waals surface area contributed by atoms with Crippen molar-refractivity contribution in [2.24, 2.45) is 7.05 Å². The molecule has 0 saturated carbocycles. The van der Waals surface area contributed by atoms with Crippen molar-refractivity contribution in [1.29, 1.82) is 0 Å². The second-order valence-corrected chi connectivity index (χ2v) is 6.40. The first-order valence-electron chi connectivity index (χ1n) is 8.87. The van der Waals surface area contributed by atoms with Crippen LogP contribution in [0, 0.1) is 0 Å². The quantitative estimate of drug-likeness (QED) is 0.824. The lowest BCUT2D eigenvalue weighted by atomic mass is 10.1. The van der Waals surface area contributed by atoms with Gasteiger partial charge in [0, 0.05) is 19.5 Å². The summed E-state index contributed by atoms with van der Waals surface area (Å²) in [6.07, 6.45) is 2.98. The number of carbonyl (C=O) groups is 2. The Labute approximate surface area is 152 Å². The summed E-state index contributed by atoms with van der Waals surface area (Å²) in [7, 11) is 1.77. The van der Waals surface area contributed by atoms with E-state index in [4.69, 9.17) is 4.74 Å². The van der Waals surface area contributed by atoms with Crippen molar-refractivity contribution in [3.8, 4) is 0 Å². The van der Waals surface area contributed by atoms with Crippen LogP contribution in [0.5, 0.6) is 0 Å². The predicted octanol–water partition coefficient (Wildman–Crippen LogP) is 2.06. The summed E-state index contributed by atoms with van der Waals surface area (Å²) < 4.78 is 6.94. The van der Waals surface area contributed by atoms with Crippen molar-refractivity contribution < 1.29 is 14.3 Å². The molecule has 1 saturated heterocycles. The van der Waals surface area contributed by atoms with Gasteiger partial charge in [0.25, 0.3) is 0 Å². The van der Waals surface area contributed by atoms with E-state index in [-0.39, 0.29) is 12.0 Å². The number of benzene rings is 1. The zero-order valence-electron chi connectivity index (χ0n) is 15.1. The van der Waals surface area contributed by atoms with E-state index in [0.717, 1.165) is 12.0 Å². The van der Waals surface area contributed by atoms with Gasteiger partial charge in [-0.3, -0.25) is 14.4 Å². The minimum Gasteiger partial charge on any atom is -0.442 e. The molecule has 1 aliphatic heterocycles. The van der Waals surface area contributed by atoms with Crippen molar-refractivity contribution in [2.45, 2.75) is 32.3 Å². The number of aromatic nitrogens is 2. The maximum Gasteiger partial charge on any atom is 0.416 e. The standard InChI is InChI=1S/C19H24N4O3/c1-3-14-4-6-15(7-5-14)8-9-17(24)20-12-16-13-23(19(25)26-16)18-10-11-21-22(18)2/h4-7,10-11,16H,3,8-9,12-13H2,1-2H3,(H,20,24). The number of amides is 2. The van der Waals surface area contributed by atoms with Crippen LogP contribution in [0.25, 0.3) is 0 Å². The van der Waals surface area contributed by atoms with Gasteiger partial charge in [0.1, 0.15) is 11.9 Å². The van der Waals surface area contributed by atoms with Crippen molar-refractivity contribution in [2.75, 3.05) is 18.0 Å². The molecule has 1 atom stereocenters. The number of hydrogen-bond donors (Lipinski definition) is 1. The Balaban J connectivity index is 1.43. The molecule has 3 rings (SSSR count). The molecular formula is C19H24N4O3. The van der Waals surface area contributed by atoms with Gasteiger partial charge in [-0.05, 0) is 24.0 Å². The zero-order valence-corrected chi connectivity index (χ0v) is 15.1. The SMILES string of the molecule is CCc1ccc(CCC(=O)NCC2CN(c3ccnn3C)C(=O)O2)cc1. The third-order valence-corrected chi connectivity index (χ3v) is 4.54. The molecule has 2 amide bonds. The van der Waals surface area contributed by atoms with Crippen LogP contribution in [0.1, 0.15) is 24.5 Å². The van der Waals surface area contributed by atoms with Crippen LogP contribution < -0.4 is 10.2 Å². The molecule has 0 radical (unpaired) electrons. The monoisotopic (exact) mass is 356 g/mol. The highest BCUT2D eigenvalue weighted by molar-refractivity contribution is 5.88. The normalized spacial score (nSPS) is 16.6. The molecule has 138 valence electrons. The molecule has 0 spiro atoms. The van der Waals surface area contributed by atoms with Crippen LogP contribution >= 0.6 is 0 Å². The Morgan fingerprint density at radius 1 is 1.27 bits per heavy atom. The molecule has 0 bridgehead atoms. The van der Waals surface area contributed by atoms with Crippen LogP contribution in [0.4, 0.5) is 10.6 Å². The first-order chi connectivity index (χ1) is 12.6. The van der Waals surface area contributed by atoms with E-state index >= 15 is 0 Å². The highest BCUT2D eigenvalue weighted by Crippen LogP contribution is 2.20. The van der Waals surface area contributed by atoms with E-state index < -0.39 is 6.09 Å². The smallest absolute Gasteiger partial charge is 0.416 e. The highest BCUT2D eigenvalue weighted by atomic mass is 16.6. The summed E-state index contributed by atoms with van der Waals surface area (Å²) in [4.78, 5) is 25.6. The Morgan fingerprint density at radius 3 is 2.65 bits per heavy atom. The summed E-state index contributed by atoms with van der Waals surface area (Å²) in [6.45, 7) is 2.83. The van der Waals surface area contributed by atoms with E-state index in [9.17, 15) is 9.59 Å². The van der Waals surface area contributed by atoms with Gasteiger partial charge in [0.05, 0.1) is 19.3 Å². The highest BCUT2D eigenvalue weighted by Gasteiger charge is 2.33. The molecule has 1 N–H and O–H groups in total. The Hall–Kier alpha value is -2.83. The predicted molar refractivity (Wildman–Crippen MR) is 98.0 cm³/mol. The van der Waals surface area contributed by atoms with Crippen LogP contribution in [0.15, 0.2) is 36.5 Å². The minimum absolute atomic E-state index is 0.0420. The Morgan fingerprint density at radius 2 is 2.00 bits per heavy atom. The van der Waals surface area contributed by atoms with Crippen molar-refractivity contribution in [3.05, 3.63) is 47.7 Å². The summed E-state index contributed by atoms with van der Waals surface area (Å²) in [5, 5.41) is 6.91. The van der Waals surface area contributed by atoms with Crippen molar-refractivity contribution in [3.63, 3.8) is 0 Å². The van der Waals surface area contributed by atoms with E-state index in [0.29, 0.717) is 31.7 Å². The van der Waals surface area contributed by atoms with Gasteiger partial charge in [-0.2, -0.15) is 5.10 Å². The molecule has 0 aliphatic carbocycles. The lowest BCUT2D eigenvalue weighted by Crippen LogP contribution is -2.35. The van der Waals surface area contributed by atoms with Gasteiger partial charge in [-0.25, -0.2) is 4.79 Å². The first-order valence-corrected chi connectivity index (χ1v) is 8.87. The van der Waals surface area contributed by atoms with Crippen LogP contribution in [0.3, 0.4) is 0 Å². The molecule has 1 aliphatic rings. The van der Waals surface area contributed by atoms with Crippen molar-refractivity contribution >= 4 is 17.8 Å². The summed E-state index contributed by atoms with van der Waals surface area (Å²) in [5.74, 6) is 0.638. The molecule has 1 unspecified atom stereocenters. The number of nitrogens with one attached hydrogen (secondary N) is 1. The number of hydrogen-bond acceptors (Lipinski definition) is 4. The number of carbonyl (C=O) groups excluding carboxylic acids is 2. The second kappa shape index (κ2) is 8.03. The maximum absolute atomic E-state index is 12.1. The third kappa shape index (κ3) is 4.22. The molecule has 1 fully saturated rings.